The highest BCUT2D eigenvalue weighted by Gasteiger charge is 2.22. The van der Waals surface area contributed by atoms with Gasteiger partial charge < -0.3 is 11.1 Å². The van der Waals surface area contributed by atoms with Gasteiger partial charge in [-0.25, -0.2) is 0 Å². The van der Waals surface area contributed by atoms with Crippen molar-refractivity contribution in [3.8, 4) is 0 Å². The van der Waals surface area contributed by atoms with Crippen LogP contribution < -0.4 is 11.1 Å². The fourth-order valence-corrected chi connectivity index (χ4v) is 1.66. The lowest BCUT2D eigenvalue weighted by Crippen LogP contribution is -2.13. The maximum Gasteiger partial charge on any atom is 0.293 e. The fourth-order valence-electron chi connectivity index (χ4n) is 1.41. The van der Waals surface area contributed by atoms with E-state index in [1.54, 1.807) is 6.92 Å². The summed E-state index contributed by atoms with van der Waals surface area (Å²) < 4.78 is 0. The van der Waals surface area contributed by atoms with Crippen molar-refractivity contribution in [1.29, 1.82) is 0 Å². The number of nitrogens with zero attached hydrogens (tertiary/aromatic N) is 1. The molecule has 1 amide bonds. The van der Waals surface area contributed by atoms with Crippen LogP contribution in [0.25, 0.3) is 0 Å². The molecule has 0 saturated carbocycles. The summed E-state index contributed by atoms with van der Waals surface area (Å²) in [6.45, 7) is 1.58. The van der Waals surface area contributed by atoms with E-state index < -0.39 is 10.8 Å². The molecule has 6 nitrogen and oxygen atoms in total. The summed E-state index contributed by atoms with van der Waals surface area (Å²) in [4.78, 5) is 21.2. The molecule has 0 aliphatic rings. The third-order valence-electron chi connectivity index (χ3n) is 2.19. The van der Waals surface area contributed by atoms with E-state index in [4.69, 9.17) is 17.3 Å². The summed E-state index contributed by atoms with van der Waals surface area (Å²) in [6.07, 6.45) is 0. The highest BCUT2D eigenvalue weighted by molar-refractivity contribution is 6.35. The van der Waals surface area contributed by atoms with Gasteiger partial charge in [0, 0.05) is 13.1 Å². The number of hydrogen-bond acceptors (Lipinski definition) is 4. The number of nitro groups is 1. The fraction of sp³-hybridized carbons (Fsp3) is 0.222. The van der Waals surface area contributed by atoms with Crippen LogP contribution in [0.15, 0.2) is 6.07 Å². The van der Waals surface area contributed by atoms with Gasteiger partial charge in [0.1, 0.15) is 5.69 Å². The lowest BCUT2D eigenvalue weighted by Gasteiger charge is -2.10. The Bertz CT molecular complexity index is 474. The minimum absolute atomic E-state index is 0.0510. The molecule has 0 spiro atoms. The maximum atomic E-state index is 11.0. The maximum absolute atomic E-state index is 11.0. The summed E-state index contributed by atoms with van der Waals surface area (Å²) in [5.74, 6) is -0.793. The van der Waals surface area contributed by atoms with E-state index in [0.717, 1.165) is 6.07 Å². The molecule has 0 radical (unpaired) electrons. The number of hydrogen-bond donors (Lipinski definition) is 2. The molecule has 1 aromatic carbocycles. The van der Waals surface area contributed by atoms with E-state index in [0.29, 0.717) is 5.56 Å². The quantitative estimate of drug-likeness (QED) is 0.623. The number of benzene rings is 1. The number of amides is 1. The third kappa shape index (κ3) is 1.92. The first-order chi connectivity index (χ1) is 7.40. The van der Waals surface area contributed by atoms with Gasteiger partial charge >= 0.3 is 0 Å². The van der Waals surface area contributed by atoms with E-state index in [1.807, 2.05) is 0 Å². The molecule has 16 heavy (non-hydrogen) atoms. The van der Waals surface area contributed by atoms with Crippen molar-refractivity contribution in [3.05, 3.63) is 32.3 Å². The van der Waals surface area contributed by atoms with Crippen molar-refractivity contribution in [2.75, 3.05) is 12.4 Å². The average molecular weight is 244 g/mol. The van der Waals surface area contributed by atoms with Crippen LogP contribution in [-0.2, 0) is 0 Å². The standard InChI is InChI=1S/C9H10ClN3O3/c1-4-7(10)5(9(11)14)3-6(13(15)16)8(4)12-2/h3,12H,1-2H3,(H2,11,14). The van der Waals surface area contributed by atoms with Gasteiger partial charge in [-0.15, -0.1) is 0 Å². The first kappa shape index (κ1) is 12.3. The molecular weight excluding hydrogens is 234 g/mol. The van der Waals surface area contributed by atoms with Gasteiger partial charge in [0.15, 0.2) is 0 Å². The van der Waals surface area contributed by atoms with E-state index in [2.05, 4.69) is 5.32 Å². The molecule has 0 unspecified atom stereocenters. The monoisotopic (exact) mass is 243 g/mol. The molecule has 3 N–H and O–H groups in total. The lowest BCUT2D eigenvalue weighted by atomic mass is 10.1. The molecule has 0 aromatic heterocycles. The second-order valence-corrected chi connectivity index (χ2v) is 3.51. The Morgan fingerprint density at radius 2 is 2.19 bits per heavy atom. The van der Waals surface area contributed by atoms with Gasteiger partial charge in [0.25, 0.3) is 5.69 Å². The average Bonchev–Trinajstić information content (AvgIpc) is 2.20. The number of nitrogens with two attached hydrogens (primary N) is 1. The SMILES string of the molecule is CNc1c([N+](=O)[O-])cc(C(N)=O)c(Cl)c1C. The Kier molecular flexibility index (Phi) is 3.34. The lowest BCUT2D eigenvalue weighted by molar-refractivity contribution is -0.384. The topological polar surface area (TPSA) is 98.3 Å². The van der Waals surface area contributed by atoms with Crippen molar-refractivity contribution < 1.29 is 9.72 Å². The van der Waals surface area contributed by atoms with E-state index in [-0.39, 0.29) is 22.0 Å². The van der Waals surface area contributed by atoms with Crippen molar-refractivity contribution in [2.45, 2.75) is 6.92 Å². The van der Waals surface area contributed by atoms with Gasteiger partial charge in [-0.05, 0) is 12.5 Å². The van der Waals surface area contributed by atoms with Gasteiger partial charge in [-0.2, -0.15) is 0 Å². The number of carbonyl (C=O) groups excluding carboxylic acids is 1. The summed E-state index contributed by atoms with van der Waals surface area (Å²) in [5.41, 5.74) is 5.50. The number of anilines is 1. The van der Waals surface area contributed by atoms with E-state index in [9.17, 15) is 14.9 Å². The predicted octanol–water partition coefficient (Wildman–Crippen LogP) is 1.70. The Balaban J connectivity index is 3.62. The van der Waals surface area contributed by atoms with Crippen molar-refractivity contribution >= 4 is 28.9 Å². The van der Waals surface area contributed by atoms with Crippen LogP contribution >= 0.6 is 11.6 Å². The minimum Gasteiger partial charge on any atom is -0.382 e. The Hall–Kier alpha value is -1.82. The predicted molar refractivity (Wildman–Crippen MR) is 60.9 cm³/mol. The molecule has 0 bridgehead atoms. The molecule has 7 heteroatoms. The van der Waals surface area contributed by atoms with Crippen LogP contribution in [0.5, 0.6) is 0 Å². The molecule has 0 atom stereocenters. The number of carbonyl (C=O) groups is 1. The summed E-state index contributed by atoms with van der Waals surface area (Å²) in [6, 6.07) is 1.07. The molecule has 86 valence electrons. The van der Waals surface area contributed by atoms with Gasteiger partial charge in [-0.3, -0.25) is 14.9 Å². The summed E-state index contributed by atoms with van der Waals surface area (Å²) in [7, 11) is 1.54. The molecule has 1 aromatic rings. The highest BCUT2D eigenvalue weighted by atomic mass is 35.5. The second kappa shape index (κ2) is 4.36. The van der Waals surface area contributed by atoms with Gasteiger partial charge in [0.05, 0.1) is 15.5 Å². The van der Waals surface area contributed by atoms with E-state index >= 15 is 0 Å². The Morgan fingerprint density at radius 1 is 1.62 bits per heavy atom. The highest BCUT2D eigenvalue weighted by Crippen LogP contribution is 2.35. The smallest absolute Gasteiger partial charge is 0.293 e. The summed E-state index contributed by atoms with van der Waals surface area (Å²) >= 11 is 5.89. The largest absolute Gasteiger partial charge is 0.382 e. The van der Waals surface area contributed by atoms with Crippen LogP contribution in [-0.4, -0.2) is 17.9 Å². The van der Waals surface area contributed by atoms with Crippen LogP contribution in [0.2, 0.25) is 5.02 Å². The number of nitrogens with one attached hydrogen (secondary N) is 1. The molecule has 0 aliphatic heterocycles. The summed E-state index contributed by atoms with van der Waals surface area (Å²) in [5, 5.41) is 13.6. The number of primary amides is 1. The van der Waals surface area contributed by atoms with Crippen LogP contribution in [0.3, 0.4) is 0 Å². The zero-order chi connectivity index (χ0) is 12.5. The van der Waals surface area contributed by atoms with Crippen molar-refractivity contribution in [1.82, 2.24) is 0 Å². The van der Waals surface area contributed by atoms with Crippen LogP contribution in [0, 0.1) is 17.0 Å². The second-order valence-electron chi connectivity index (χ2n) is 3.13. The molecule has 0 fully saturated rings. The van der Waals surface area contributed by atoms with Gasteiger partial charge in [0.2, 0.25) is 5.91 Å². The zero-order valence-corrected chi connectivity index (χ0v) is 9.46. The van der Waals surface area contributed by atoms with Crippen molar-refractivity contribution in [2.24, 2.45) is 5.73 Å². The minimum atomic E-state index is -0.793. The third-order valence-corrected chi connectivity index (χ3v) is 2.68. The first-order valence-electron chi connectivity index (χ1n) is 4.35. The van der Waals surface area contributed by atoms with Gasteiger partial charge in [-0.1, -0.05) is 11.6 Å². The molecule has 1 rings (SSSR count). The number of nitro benzene ring substituents is 1. The molecule has 0 aliphatic carbocycles. The molecule has 0 heterocycles. The number of halogens is 1. The van der Waals surface area contributed by atoms with Crippen molar-refractivity contribution in [3.63, 3.8) is 0 Å². The molecular formula is C9H10ClN3O3. The normalized spacial score (nSPS) is 9.94. The number of rotatable bonds is 3. The first-order valence-corrected chi connectivity index (χ1v) is 4.73. The zero-order valence-electron chi connectivity index (χ0n) is 8.70. The van der Waals surface area contributed by atoms with Crippen LogP contribution in [0.1, 0.15) is 15.9 Å². The van der Waals surface area contributed by atoms with E-state index in [1.165, 1.54) is 7.05 Å². The molecule has 0 saturated heterocycles. The Morgan fingerprint density at radius 3 is 2.56 bits per heavy atom. The van der Waals surface area contributed by atoms with Crippen LogP contribution in [0.4, 0.5) is 11.4 Å². The Labute approximate surface area is 96.5 Å².